The molecule has 1 aromatic rings. The minimum Gasteiger partial charge on any atom is -0.381 e. The summed E-state index contributed by atoms with van der Waals surface area (Å²) in [6.45, 7) is 1.81. The average Bonchev–Trinajstić information content (AvgIpc) is 2.42. The Morgan fingerprint density at radius 1 is 1.35 bits per heavy atom. The van der Waals surface area contributed by atoms with Crippen molar-refractivity contribution in [2.75, 3.05) is 26.5 Å². The second kappa shape index (κ2) is 6.43. The minimum atomic E-state index is 0.422. The summed E-state index contributed by atoms with van der Waals surface area (Å²) < 4.78 is 5.59. The zero-order valence-electron chi connectivity index (χ0n) is 10.6. The van der Waals surface area contributed by atoms with Gasteiger partial charge in [-0.25, -0.2) is 0 Å². The Morgan fingerprint density at radius 3 is 2.65 bits per heavy atom. The van der Waals surface area contributed by atoms with Crippen LogP contribution in [0.2, 0.25) is 0 Å². The van der Waals surface area contributed by atoms with Gasteiger partial charge in [-0.1, -0.05) is 12.1 Å². The molecule has 3 heteroatoms. The summed E-state index contributed by atoms with van der Waals surface area (Å²) in [5, 5.41) is 3.44. The van der Waals surface area contributed by atoms with E-state index < -0.39 is 0 Å². The molecule has 2 rings (SSSR count). The fourth-order valence-electron chi connectivity index (χ4n) is 2.51. The third-order valence-corrected chi connectivity index (χ3v) is 4.20. The van der Waals surface area contributed by atoms with Crippen molar-refractivity contribution in [3.8, 4) is 0 Å². The SMILES string of the molecule is CNC(c1ccc(SC)cc1)C1CCCOC1. The molecule has 2 atom stereocenters. The van der Waals surface area contributed by atoms with E-state index in [-0.39, 0.29) is 0 Å². The molecule has 1 heterocycles. The zero-order valence-corrected chi connectivity index (χ0v) is 11.4. The molecule has 1 aromatic carbocycles. The maximum atomic E-state index is 5.59. The summed E-state index contributed by atoms with van der Waals surface area (Å²) in [7, 11) is 2.04. The van der Waals surface area contributed by atoms with Gasteiger partial charge in [-0.2, -0.15) is 0 Å². The Morgan fingerprint density at radius 2 is 2.12 bits per heavy atom. The fraction of sp³-hybridized carbons (Fsp3) is 0.571. The van der Waals surface area contributed by atoms with Crippen molar-refractivity contribution in [3.05, 3.63) is 29.8 Å². The van der Waals surface area contributed by atoms with Gasteiger partial charge in [0, 0.05) is 23.5 Å². The van der Waals surface area contributed by atoms with Gasteiger partial charge in [-0.05, 0) is 43.8 Å². The molecule has 0 spiro atoms. The highest BCUT2D eigenvalue weighted by molar-refractivity contribution is 7.98. The Hall–Kier alpha value is -0.510. The highest BCUT2D eigenvalue weighted by atomic mass is 32.2. The Bertz CT molecular complexity index is 333. The highest BCUT2D eigenvalue weighted by Gasteiger charge is 2.24. The Balaban J connectivity index is 2.10. The number of hydrogen-bond donors (Lipinski definition) is 1. The summed E-state index contributed by atoms with van der Waals surface area (Å²) in [5.74, 6) is 0.605. The van der Waals surface area contributed by atoms with Crippen LogP contribution in [0.15, 0.2) is 29.2 Å². The summed E-state index contributed by atoms with van der Waals surface area (Å²) in [5.41, 5.74) is 1.38. The van der Waals surface area contributed by atoms with Gasteiger partial charge in [0.25, 0.3) is 0 Å². The van der Waals surface area contributed by atoms with Gasteiger partial charge >= 0.3 is 0 Å². The van der Waals surface area contributed by atoms with Crippen molar-refractivity contribution < 1.29 is 4.74 Å². The quantitative estimate of drug-likeness (QED) is 0.831. The molecule has 0 aromatic heterocycles. The number of hydrogen-bond acceptors (Lipinski definition) is 3. The third kappa shape index (κ3) is 3.24. The number of ether oxygens (including phenoxy) is 1. The summed E-state index contributed by atoms with van der Waals surface area (Å²) in [6, 6.07) is 9.30. The van der Waals surface area contributed by atoms with E-state index in [1.54, 1.807) is 11.8 Å². The first-order valence-corrected chi connectivity index (χ1v) is 7.46. The van der Waals surface area contributed by atoms with Gasteiger partial charge in [0.15, 0.2) is 0 Å². The highest BCUT2D eigenvalue weighted by Crippen LogP contribution is 2.29. The monoisotopic (exact) mass is 251 g/mol. The van der Waals surface area contributed by atoms with Crippen LogP contribution in [0.5, 0.6) is 0 Å². The van der Waals surface area contributed by atoms with Crippen molar-refractivity contribution in [1.82, 2.24) is 5.32 Å². The van der Waals surface area contributed by atoms with Gasteiger partial charge < -0.3 is 10.1 Å². The van der Waals surface area contributed by atoms with Crippen LogP contribution in [0.3, 0.4) is 0 Å². The molecule has 2 nitrogen and oxygen atoms in total. The van der Waals surface area contributed by atoms with Crippen LogP contribution < -0.4 is 5.32 Å². The number of nitrogens with one attached hydrogen (secondary N) is 1. The smallest absolute Gasteiger partial charge is 0.0512 e. The van der Waals surface area contributed by atoms with Gasteiger partial charge in [-0.3, -0.25) is 0 Å². The van der Waals surface area contributed by atoms with Crippen LogP contribution in [0, 0.1) is 5.92 Å². The molecule has 0 amide bonds. The lowest BCUT2D eigenvalue weighted by molar-refractivity contribution is 0.0402. The van der Waals surface area contributed by atoms with E-state index >= 15 is 0 Å². The molecule has 1 N–H and O–H groups in total. The minimum absolute atomic E-state index is 0.422. The topological polar surface area (TPSA) is 21.3 Å². The molecule has 1 aliphatic rings. The number of rotatable bonds is 4. The predicted molar refractivity (Wildman–Crippen MR) is 73.6 cm³/mol. The lowest BCUT2D eigenvalue weighted by atomic mass is 9.89. The van der Waals surface area contributed by atoms with Gasteiger partial charge in [0.2, 0.25) is 0 Å². The summed E-state index contributed by atoms with van der Waals surface area (Å²) >= 11 is 1.79. The lowest BCUT2D eigenvalue weighted by Gasteiger charge is -2.30. The summed E-state index contributed by atoms with van der Waals surface area (Å²) in [6.07, 6.45) is 4.56. The standard InChI is InChI=1S/C14H21NOS/c1-15-14(12-4-3-9-16-10-12)11-5-7-13(17-2)8-6-11/h5-8,12,14-15H,3-4,9-10H2,1-2H3. The van der Waals surface area contributed by atoms with Crippen molar-refractivity contribution >= 4 is 11.8 Å². The molecule has 0 bridgehead atoms. The van der Waals surface area contributed by atoms with Crippen LogP contribution in [0.4, 0.5) is 0 Å². The molecular weight excluding hydrogens is 230 g/mol. The predicted octanol–water partition coefficient (Wildman–Crippen LogP) is 3.10. The van der Waals surface area contributed by atoms with Crippen LogP contribution in [0.1, 0.15) is 24.4 Å². The van der Waals surface area contributed by atoms with Crippen molar-refractivity contribution in [2.45, 2.75) is 23.8 Å². The Labute approximate surface area is 108 Å². The first-order valence-electron chi connectivity index (χ1n) is 6.24. The van der Waals surface area contributed by atoms with Crippen LogP contribution in [0.25, 0.3) is 0 Å². The normalized spacial score (nSPS) is 22.4. The first-order chi connectivity index (χ1) is 8.35. The molecule has 1 fully saturated rings. The van der Waals surface area contributed by atoms with E-state index in [9.17, 15) is 0 Å². The van der Waals surface area contributed by atoms with Crippen molar-refractivity contribution in [1.29, 1.82) is 0 Å². The van der Waals surface area contributed by atoms with Crippen molar-refractivity contribution in [2.24, 2.45) is 5.92 Å². The Kier molecular flexibility index (Phi) is 4.89. The van der Waals surface area contributed by atoms with Crippen LogP contribution >= 0.6 is 11.8 Å². The van der Waals surface area contributed by atoms with Crippen LogP contribution in [-0.4, -0.2) is 26.5 Å². The zero-order chi connectivity index (χ0) is 12.1. The van der Waals surface area contributed by atoms with Gasteiger partial charge in [0.1, 0.15) is 0 Å². The molecule has 0 saturated carbocycles. The van der Waals surface area contributed by atoms with E-state index in [1.165, 1.54) is 23.3 Å². The summed E-state index contributed by atoms with van der Waals surface area (Å²) in [4.78, 5) is 1.32. The molecule has 0 aliphatic carbocycles. The lowest BCUT2D eigenvalue weighted by Crippen LogP contribution is -2.31. The van der Waals surface area contributed by atoms with E-state index in [2.05, 4.69) is 35.8 Å². The number of thioether (sulfide) groups is 1. The van der Waals surface area contributed by atoms with Crippen LogP contribution in [-0.2, 0) is 4.74 Å². The van der Waals surface area contributed by atoms with Crippen molar-refractivity contribution in [3.63, 3.8) is 0 Å². The largest absolute Gasteiger partial charge is 0.381 e. The average molecular weight is 251 g/mol. The third-order valence-electron chi connectivity index (χ3n) is 3.45. The van der Waals surface area contributed by atoms with E-state index in [1.807, 2.05) is 7.05 Å². The van der Waals surface area contributed by atoms with Gasteiger partial charge in [0.05, 0.1) is 6.61 Å². The molecule has 94 valence electrons. The van der Waals surface area contributed by atoms with E-state index in [0.717, 1.165) is 13.2 Å². The van der Waals surface area contributed by atoms with E-state index in [0.29, 0.717) is 12.0 Å². The molecular formula is C14H21NOS. The first kappa shape index (κ1) is 12.9. The molecule has 2 unspecified atom stereocenters. The molecule has 1 aliphatic heterocycles. The molecule has 0 radical (unpaired) electrons. The second-order valence-electron chi connectivity index (χ2n) is 4.52. The second-order valence-corrected chi connectivity index (χ2v) is 5.40. The number of benzene rings is 1. The fourth-order valence-corrected chi connectivity index (χ4v) is 2.92. The molecule has 17 heavy (non-hydrogen) atoms. The maximum absolute atomic E-state index is 5.59. The maximum Gasteiger partial charge on any atom is 0.0512 e. The van der Waals surface area contributed by atoms with Gasteiger partial charge in [-0.15, -0.1) is 11.8 Å². The van der Waals surface area contributed by atoms with E-state index in [4.69, 9.17) is 4.74 Å². The molecule has 1 saturated heterocycles.